The molecule has 3 aromatic heterocycles. The van der Waals surface area contributed by atoms with Crippen molar-refractivity contribution < 1.29 is 13.6 Å². The third-order valence-corrected chi connectivity index (χ3v) is 4.80. The summed E-state index contributed by atoms with van der Waals surface area (Å²) >= 11 is 6.00. The molecule has 0 aliphatic carbocycles. The minimum absolute atomic E-state index is 0.0880. The topological polar surface area (TPSA) is 111 Å². The third-order valence-electron chi connectivity index (χ3n) is 4.69. The standard InChI is InChI=1S/C23H19ClFN7O2/c1-12(24)7-15(9-26-4)16-10-27-23-30-21(31-32(23)11-16)18-8-17(5-6-19(18)25)29-22(33)20-13(2)28-14(3)34-20/h5-11H,4H2,1-3H3,(H,29,33)/b12-7+,15-9+. The fourth-order valence-electron chi connectivity index (χ4n) is 3.26. The highest BCUT2D eigenvalue weighted by Crippen LogP contribution is 2.25. The monoisotopic (exact) mass is 479 g/mol. The number of fused-ring (bicyclic) bond motifs is 1. The molecule has 0 spiro atoms. The quantitative estimate of drug-likeness (QED) is 0.308. The fraction of sp³-hybridized carbons (Fsp3) is 0.130. The Kier molecular flexibility index (Phi) is 6.33. The van der Waals surface area contributed by atoms with Crippen LogP contribution in [-0.4, -0.2) is 37.2 Å². The number of aromatic nitrogens is 5. The Balaban J connectivity index is 1.68. The number of carbonyl (C=O) groups excluding carboxylic acids is 1. The number of aryl methyl sites for hydroxylation is 2. The summed E-state index contributed by atoms with van der Waals surface area (Å²) in [6.45, 7) is 8.51. The van der Waals surface area contributed by atoms with Gasteiger partial charge < -0.3 is 9.73 Å². The number of hydrogen-bond donors (Lipinski definition) is 1. The number of allylic oxidation sites excluding steroid dienone is 3. The number of anilines is 1. The molecule has 0 saturated carbocycles. The normalized spacial score (nSPS) is 12.3. The van der Waals surface area contributed by atoms with Gasteiger partial charge in [0.2, 0.25) is 5.76 Å². The molecule has 0 unspecified atom stereocenters. The smallest absolute Gasteiger partial charge is 0.293 e. The second-order valence-electron chi connectivity index (χ2n) is 7.32. The molecule has 0 atom stereocenters. The first-order valence-electron chi connectivity index (χ1n) is 10.0. The molecule has 4 rings (SSSR count). The summed E-state index contributed by atoms with van der Waals surface area (Å²) in [5, 5.41) is 7.58. The van der Waals surface area contributed by atoms with Crippen LogP contribution >= 0.6 is 11.6 Å². The predicted octanol–water partition coefficient (Wildman–Crippen LogP) is 4.97. The third kappa shape index (κ3) is 4.76. The number of nitrogens with zero attached hydrogens (tertiary/aromatic N) is 6. The van der Waals surface area contributed by atoms with Gasteiger partial charge in [0.05, 0.1) is 11.3 Å². The average Bonchev–Trinajstić information content (AvgIpc) is 3.36. The molecule has 0 aliphatic rings. The van der Waals surface area contributed by atoms with Crippen LogP contribution in [0.25, 0.3) is 22.7 Å². The summed E-state index contributed by atoms with van der Waals surface area (Å²) in [5.41, 5.74) is 2.22. The van der Waals surface area contributed by atoms with Crippen LogP contribution in [0.1, 0.15) is 34.6 Å². The Morgan fingerprint density at radius 2 is 2.12 bits per heavy atom. The van der Waals surface area contributed by atoms with E-state index in [-0.39, 0.29) is 22.9 Å². The lowest BCUT2D eigenvalue weighted by atomic mass is 10.1. The molecule has 0 fully saturated rings. The van der Waals surface area contributed by atoms with Gasteiger partial charge in [0.15, 0.2) is 11.7 Å². The molecule has 0 aliphatic heterocycles. The number of carbonyl (C=O) groups is 1. The van der Waals surface area contributed by atoms with Crippen molar-refractivity contribution >= 4 is 41.3 Å². The number of rotatable bonds is 6. The van der Waals surface area contributed by atoms with Gasteiger partial charge >= 0.3 is 0 Å². The number of hydrogen-bond acceptors (Lipinski definition) is 7. The van der Waals surface area contributed by atoms with Crippen molar-refractivity contribution in [3.8, 4) is 11.4 Å². The van der Waals surface area contributed by atoms with Crippen LogP contribution < -0.4 is 5.32 Å². The van der Waals surface area contributed by atoms with Crippen LogP contribution in [0, 0.1) is 19.7 Å². The van der Waals surface area contributed by atoms with Crippen LogP contribution in [-0.2, 0) is 0 Å². The number of benzene rings is 1. The number of amides is 1. The van der Waals surface area contributed by atoms with Gasteiger partial charge in [-0.3, -0.25) is 9.79 Å². The highest BCUT2D eigenvalue weighted by Gasteiger charge is 2.18. The van der Waals surface area contributed by atoms with Crippen LogP contribution in [0.5, 0.6) is 0 Å². The summed E-state index contributed by atoms with van der Waals surface area (Å²) < 4.78 is 21.4. The van der Waals surface area contributed by atoms with Gasteiger partial charge in [-0.05, 0) is 44.8 Å². The Bertz CT molecular complexity index is 1480. The largest absolute Gasteiger partial charge is 0.436 e. The fourth-order valence-corrected chi connectivity index (χ4v) is 3.37. The summed E-state index contributed by atoms with van der Waals surface area (Å²) in [6, 6.07) is 4.09. The molecule has 1 amide bonds. The van der Waals surface area contributed by atoms with Crippen molar-refractivity contribution in [1.29, 1.82) is 0 Å². The first-order valence-corrected chi connectivity index (χ1v) is 10.4. The van der Waals surface area contributed by atoms with E-state index >= 15 is 0 Å². The summed E-state index contributed by atoms with van der Waals surface area (Å²) in [7, 11) is 0. The minimum Gasteiger partial charge on any atom is -0.436 e. The number of halogens is 2. The molecule has 34 heavy (non-hydrogen) atoms. The average molecular weight is 480 g/mol. The SMILES string of the molecule is C=N/C=C(\C=C(/C)Cl)c1cnc2nc(-c3cc(NC(=O)c4oc(C)nc4C)ccc3F)nn2c1. The zero-order valence-corrected chi connectivity index (χ0v) is 19.3. The molecule has 1 N–H and O–H groups in total. The molecular formula is C23H19ClFN7O2. The molecule has 3 heterocycles. The van der Waals surface area contributed by atoms with E-state index in [4.69, 9.17) is 16.0 Å². The molecular weight excluding hydrogens is 461 g/mol. The molecule has 0 saturated heterocycles. The van der Waals surface area contributed by atoms with Crippen molar-refractivity contribution in [2.24, 2.45) is 4.99 Å². The van der Waals surface area contributed by atoms with E-state index < -0.39 is 11.7 Å². The molecule has 0 bridgehead atoms. The zero-order chi connectivity index (χ0) is 24.4. The maximum Gasteiger partial charge on any atom is 0.293 e. The van der Waals surface area contributed by atoms with Gasteiger partial charge in [-0.2, -0.15) is 4.98 Å². The number of nitrogens with one attached hydrogen (secondary N) is 1. The van der Waals surface area contributed by atoms with E-state index in [1.54, 1.807) is 39.2 Å². The van der Waals surface area contributed by atoms with Crippen LogP contribution in [0.3, 0.4) is 0 Å². The molecule has 172 valence electrons. The highest BCUT2D eigenvalue weighted by molar-refractivity contribution is 6.29. The van der Waals surface area contributed by atoms with E-state index in [1.807, 2.05) is 0 Å². The summed E-state index contributed by atoms with van der Waals surface area (Å²) in [5.74, 6) is -0.230. The van der Waals surface area contributed by atoms with E-state index in [0.717, 1.165) is 0 Å². The van der Waals surface area contributed by atoms with E-state index in [9.17, 15) is 9.18 Å². The lowest BCUT2D eigenvalue weighted by Gasteiger charge is -2.06. The Labute approximate surface area is 198 Å². The van der Waals surface area contributed by atoms with Crippen LogP contribution in [0.2, 0.25) is 0 Å². The number of oxazole rings is 1. The maximum absolute atomic E-state index is 14.7. The van der Waals surface area contributed by atoms with Gasteiger partial charge in [0.1, 0.15) is 5.82 Å². The van der Waals surface area contributed by atoms with E-state index in [0.29, 0.717) is 33.4 Å². The van der Waals surface area contributed by atoms with Crippen molar-refractivity contribution in [2.75, 3.05) is 5.32 Å². The lowest BCUT2D eigenvalue weighted by molar-refractivity contribution is 0.0994. The van der Waals surface area contributed by atoms with Gasteiger partial charge in [0, 0.05) is 47.4 Å². The first kappa shape index (κ1) is 23.0. The van der Waals surface area contributed by atoms with Gasteiger partial charge in [0.25, 0.3) is 11.7 Å². The first-order chi connectivity index (χ1) is 16.2. The van der Waals surface area contributed by atoms with Gasteiger partial charge in [-0.25, -0.2) is 18.9 Å². The maximum atomic E-state index is 14.7. The second-order valence-corrected chi connectivity index (χ2v) is 7.91. The lowest BCUT2D eigenvalue weighted by Crippen LogP contribution is -2.12. The predicted molar refractivity (Wildman–Crippen MR) is 127 cm³/mol. The Hall–Kier alpha value is -4.18. The second kappa shape index (κ2) is 9.36. The molecule has 9 nitrogen and oxygen atoms in total. The Morgan fingerprint density at radius 1 is 1.32 bits per heavy atom. The minimum atomic E-state index is -0.557. The zero-order valence-electron chi connectivity index (χ0n) is 18.5. The van der Waals surface area contributed by atoms with Crippen molar-refractivity contribution in [2.45, 2.75) is 20.8 Å². The number of aliphatic imine (C=N–C) groups is 1. The molecule has 1 aromatic carbocycles. The molecule has 11 heteroatoms. The van der Waals surface area contributed by atoms with E-state index in [2.05, 4.69) is 37.1 Å². The Morgan fingerprint density at radius 3 is 2.79 bits per heavy atom. The summed E-state index contributed by atoms with van der Waals surface area (Å²) in [6.07, 6.45) is 6.50. The van der Waals surface area contributed by atoms with E-state index in [1.165, 1.54) is 28.9 Å². The van der Waals surface area contributed by atoms with Crippen LogP contribution in [0.4, 0.5) is 10.1 Å². The van der Waals surface area contributed by atoms with Crippen LogP contribution in [0.15, 0.2) is 57.3 Å². The molecule has 4 aromatic rings. The highest BCUT2D eigenvalue weighted by atomic mass is 35.5. The van der Waals surface area contributed by atoms with Crippen molar-refractivity contribution in [3.05, 3.63) is 76.6 Å². The van der Waals surface area contributed by atoms with Crippen molar-refractivity contribution in [1.82, 2.24) is 24.6 Å². The van der Waals surface area contributed by atoms with Gasteiger partial charge in [-0.1, -0.05) is 11.6 Å². The summed E-state index contributed by atoms with van der Waals surface area (Å²) in [4.78, 5) is 29.0. The van der Waals surface area contributed by atoms with Crippen molar-refractivity contribution in [3.63, 3.8) is 0 Å². The molecule has 0 radical (unpaired) electrons. The van der Waals surface area contributed by atoms with Gasteiger partial charge in [-0.15, -0.1) is 5.10 Å².